The molecule has 1 saturated heterocycles. The molecule has 1 aromatic rings. The van der Waals surface area contributed by atoms with Crippen LogP contribution in [0.1, 0.15) is 51.1 Å². The Morgan fingerprint density at radius 1 is 1.55 bits per heavy atom. The molecule has 1 aliphatic rings. The molecule has 2 atom stereocenters. The summed E-state index contributed by atoms with van der Waals surface area (Å²) < 4.78 is 0. The molecule has 0 aromatic carbocycles. The molecule has 4 nitrogen and oxygen atoms in total. The summed E-state index contributed by atoms with van der Waals surface area (Å²) >= 11 is 0. The molecule has 1 aliphatic heterocycles. The third-order valence-corrected chi connectivity index (χ3v) is 3.92. The van der Waals surface area contributed by atoms with Crippen molar-refractivity contribution in [3.05, 3.63) is 30.1 Å². The molecule has 0 bridgehead atoms. The molecule has 4 heteroatoms. The van der Waals surface area contributed by atoms with E-state index >= 15 is 0 Å². The van der Waals surface area contributed by atoms with Crippen molar-refractivity contribution in [3.8, 4) is 11.8 Å². The topological polar surface area (TPSA) is 53.4 Å². The highest BCUT2D eigenvalue weighted by Gasteiger charge is 2.24. The Labute approximate surface area is 132 Å². The molecule has 1 N–H and O–H groups in total. The Morgan fingerprint density at radius 3 is 3.05 bits per heavy atom. The number of pyridine rings is 1. The van der Waals surface area contributed by atoms with Crippen LogP contribution < -0.4 is 0 Å². The lowest BCUT2D eigenvalue weighted by molar-refractivity contribution is -0.119. The smallest absolute Gasteiger partial charge is 0.133 e. The van der Waals surface area contributed by atoms with Gasteiger partial charge in [0.15, 0.2) is 0 Å². The van der Waals surface area contributed by atoms with Crippen LogP contribution in [0, 0.1) is 11.8 Å². The van der Waals surface area contributed by atoms with Crippen molar-refractivity contribution < 1.29 is 9.90 Å². The molecule has 0 unspecified atom stereocenters. The summed E-state index contributed by atoms with van der Waals surface area (Å²) in [5.74, 6) is 5.84. The van der Waals surface area contributed by atoms with Crippen LogP contribution in [0.15, 0.2) is 24.5 Å². The van der Waals surface area contributed by atoms with Gasteiger partial charge in [-0.2, -0.15) is 0 Å². The number of piperidine rings is 1. The van der Waals surface area contributed by atoms with Gasteiger partial charge in [0.05, 0.1) is 6.54 Å². The van der Waals surface area contributed by atoms with Crippen LogP contribution in [-0.2, 0) is 4.79 Å². The Kier molecular flexibility index (Phi) is 5.70. The summed E-state index contributed by atoms with van der Waals surface area (Å²) in [6.45, 7) is 4.67. The fraction of sp³-hybridized carbons (Fsp3) is 0.556. The monoisotopic (exact) mass is 300 g/mol. The van der Waals surface area contributed by atoms with Gasteiger partial charge in [0, 0.05) is 24.9 Å². The van der Waals surface area contributed by atoms with E-state index in [1.165, 1.54) is 25.3 Å². The van der Waals surface area contributed by atoms with Crippen molar-refractivity contribution in [1.29, 1.82) is 0 Å². The summed E-state index contributed by atoms with van der Waals surface area (Å²) in [7, 11) is 0. The minimum absolute atomic E-state index is 0.0505. The number of likely N-dealkylation sites (tertiary alicyclic amines) is 1. The standard InChI is InChI=1S/C18H24N2O2/c1-15(21)13-18(2,22)9-6-12-20-11-4-3-8-17(20)16-7-5-10-19-14-16/h5,7,10,14,17,22H,3-4,8,11-13H2,1-2H3/t17-,18-/m0/s1. The zero-order valence-corrected chi connectivity index (χ0v) is 13.4. The predicted octanol–water partition coefficient (Wildman–Crippen LogP) is 2.34. The van der Waals surface area contributed by atoms with E-state index in [2.05, 4.69) is 27.8 Å². The third-order valence-electron chi connectivity index (χ3n) is 3.92. The van der Waals surface area contributed by atoms with Crippen molar-refractivity contribution in [1.82, 2.24) is 9.88 Å². The van der Waals surface area contributed by atoms with Gasteiger partial charge in [-0.15, -0.1) is 0 Å². The highest BCUT2D eigenvalue weighted by Crippen LogP contribution is 2.29. The van der Waals surface area contributed by atoms with Crippen LogP contribution in [0.4, 0.5) is 0 Å². The first-order chi connectivity index (χ1) is 10.5. The van der Waals surface area contributed by atoms with E-state index in [0.29, 0.717) is 12.6 Å². The second-order valence-electron chi connectivity index (χ2n) is 6.22. The first-order valence-electron chi connectivity index (χ1n) is 7.84. The minimum Gasteiger partial charge on any atom is -0.377 e. The molecule has 0 radical (unpaired) electrons. The number of aliphatic hydroxyl groups is 1. The second kappa shape index (κ2) is 7.53. The van der Waals surface area contributed by atoms with E-state index < -0.39 is 5.60 Å². The molecule has 1 aromatic heterocycles. The van der Waals surface area contributed by atoms with E-state index in [0.717, 1.165) is 13.0 Å². The Balaban J connectivity index is 2.03. The van der Waals surface area contributed by atoms with Gasteiger partial charge in [-0.25, -0.2) is 0 Å². The number of Topliss-reactive ketones (excluding diaryl/α,β-unsaturated/α-hetero) is 1. The molecule has 118 valence electrons. The summed E-state index contributed by atoms with van der Waals surface area (Å²) in [6.07, 6.45) is 7.27. The van der Waals surface area contributed by atoms with Crippen molar-refractivity contribution in [2.24, 2.45) is 0 Å². The van der Waals surface area contributed by atoms with Gasteiger partial charge in [-0.05, 0) is 44.9 Å². The maximum atomic E-state index is 11.1. The fourth-order valence-electron chi connectivity index (χ4n) is 2.99. The summed E-state index contributed by atoms with van der Waals surface area (Å²) in [4.78, 5) is 17.7. The Bertz CT molecular complexity index is 557. The minimum atomic E-state index is -1.23. The highest BCUT2D eigenvalue weighted by atomic mass is 16.3. The summed E-state index contributed by atoms with van der Waals surface area (Å²) in [5, 5.41) is 10.1. The predicted molar refractivity (Wildman–Crippen MR) is 86.1 cm³/mol. The van der Waals surface area contributed by atoms with Gasteiger partial charge >= 0.3 is 0 Å². The third kappa shape index (κ3) is 4.94. The lowest BCUT2D eigenvalue weighted by Crippen LogP contribution is -2.34. The fourth-order valence-corrected chi connectivity index (χ4v) is 2.99. The average Bonchev–Trinajstić information content (AvgIpc) is 2.47. The number of hydrogen-bond acceptors (Lipinski definition) is 4. The van der Waals surface area contributed by atoms with E-state index in [1.54, 1.807) is 13.1 Å². The number of aromatic nitrogens is 1. The molecule has 2 rings (SSSR count). The van der Waals surface area contributed by atoms with Gasteiger partial charge < -0.3 is 5.11 Å². The number of carbonyl (C=O) groups excluding carboxylic acids is 1. The average molecular weight is 300 g/mol. The molecule has 1 fully saturated rings. The molecular formula is C18H24N2O2. The van der Waals surface area contributed by atoms with E-state index in [4.69, 9.17) is 0 Å². The number of ketones is 1. The van der Waals surface area contributed by atoms with Crippen LogP contribution in [0.3, 0.4) is 0 Å². The Morgan fingerprint density at radius 2 is 2.36 bits per heavy atom. The van der Waals surface area contributed by atoms with E-state index in [1.807, 2.05) is 12.3 Å². The highest BCUT2D eigenvalue weighted by molar-refractivity contribution is 5.77. The van der Waals surface area contributed by atoms with Gasteiger partial charge in [-0.3, -0.25) is 14.7 Å². The Hall–Kier alpha value is -1.70. The lowest BCUT2D eigenvalue weighted by atomic mass is 9.96. The quantitative estimate of drug-likeness (QED) is 0.867. The lowest BCUT2D eigenvalue weighted by Gasteiger charge is -2.34. The maximum absolute atomic E-state index is 11.1. The SMILES string of the molecule is CC(=O)C[C@@](C)(O)C#CCN1CCCC[C@H]1c1cccnc1. The maximum Gasteiger partial charge on any atom is 0.133 e. The summed E-state index contributed by atoms with van der Waals surface area (Å²) in [5.41, 5.74) is -0.00898. The van der Waals surface area contributed by atoms with Gasteiger partial charge in [0.2, 0.25) is 0 Å². The largest absolute Gasteiger partial charge is 0.377 e. The molecule has 0 saturated carbocycles. The first-order valence-corrected chi connectivity index (χ1v) is 7.84. The second-order valence-corrected chi connectivity index (χ2v) is 6.22. The van der Waals surface area contributed by atoms with Crippen molar-refractivity contribution in [3.63, 3.8) is 0 Å². The van der Waals surface area contributed by atoms with Gasteiger partial charge in [-0.1, -0.05) is 24.3 Å². The summed E-state index contributed by atoms with van der Waals surface area (Å²) in [6, 6.07) is 4.41. The zero-order valence-electron chi connectivity index (χ0n) is 13.4. The van der Waals surface area contributed by atoms with Crippen LogP contribution >= 0.6 is 0 Å². The molecule has 22 heavy (non-hydrogen) atoms. The van der Waals surface area contributed by atoms with Crippen molar-refractivity contribution in [2.45, 2.75) is 51.2 Å². The molecule has 0 spiro atoms. The van der Waals surface area contributed by atoms with Crippen LogP contribution in [0.5, 0.6) is 0 Å². The first kappa shape index (κ1) is 16.7. The molecule has 2 heterocycles. The van der Waals surface area contributed by atoms with Gasteiger partial charge in [0.1, 0.15) is 11.4 Å². The normalized spacial score (nSPS) is 21.5. The van der Waals surface area contributed by atoms with Crippen LogP contribution in [0.25, 0.3) is 0 Å². The van der Waals surface area contributed by atoms with Gasteiger partial charge in [0.25, 0.3) is 0 Å². The molecule has 0 amide bonds. The number of carbonyl (C=O) groups is 1. The molecular weight excluding hydrogens is 276 g/mol. The number of nitrogens with zero attached hydrogens (tertiary/aromatic N) is 2. The van der Waals surface area contributed by atoms with E-state index in [9.17, 15) is 9.90 Å². The number of hydrogen-bond donors (Lipinski definition) is 1. The number of rotatable bonds is 4. The van der Waals surface area contributed by atoms with Crippen LogP contribution in [0.2, 0.25) is 0 Å². The zero-order chi connectivity index (χ0) is 16.0. The van der Waals surface area contributed by atoms with Crippen LogP contribution in [-0.4, -0.2) is 39.5 Å². The van der Waals surface area contributed by atoms with Crippen molar-refractivity contribution >= 4 is 5.78 Å². The van der Waals surface area contributed by atoms with Crippen molar-refractivity contribution in [2.75, 3.05) is 13.1 Å². The molecule has 0 aliphatic carbocycles. The van der Waals surface area contributed by atoms with E-state index in [-0.39, 0.29) is 12.2 Å².